The first-order chi connectivity index (χ1) is 7.24. The summed E-state index contributed by atoms with van der Waals surface area (Å²) in [6.45, 7) is 0. The quantitative estimate of drug-likeness (QED) is 0.491. The summed E-state index contributed by atoms with van der Waals surface area (Å²) in [5, 5.41) is 0. The third kappa shape index (κ3) is 1.07. The Morgan fingerprint density at radius 2 is 1.93 bits per heavy atom. The maximum atomic E-state index is 11.5. The van der Waals surface area contributed by atoms with Crippen LogP contribution in [0.15, 0.2) is 0 Å². The number of ether oxygens (including phenoxy) is 2. The van der Waals surface area contributed by atoms with Crippen molar-refractivity contribution in [3.63, 3.8) is 0 Å². The number of esters is 1. The van der Waals surface area contributed by atoms with Crippen molar-refractivity contribution in [1.82, 2.24) is 0 Å². The Morgan fingerprint density at radius 3 is 2.47 bits per heavy atom. The van der Waals surface area contributed by atoms with E-state index in [0.29, 0.717) is 5.41 Å². The average molecular weight is 210 g/mol. The van der Waals surface area contributed by atoms with E-state index in [9.17, 15) is 4.79 Å². The molecule has 0 aromatic rings. The van der Waals surface area contributed by atoms with Gasteiger partial charge in [0.15, 0.2) is 6.10 Å². The summed E-state index contributed by atoms with van der Waals surface area (Å²) < 4.78 is 10.5. The van der Waals surface area contributed by atoms with Gasteiger partial charge in [-0.2, -0.15) is 0 Å². The Bertz CT molecular complexity index is 293. The first kappa shape index (κ1) is 9.64. The number of carbonyl (C=O) groups is 1. The van der Waals surface area contributed by atoms with Crippen LogP contribution in [0.2, 0.25) is 0 Å². The molecule has 0 N–H and O–H groups in total. The minimum absolute atomic E-state index is 0.0967. The Kier molecular flexibility index (Phi) is 1.91. The molecule has 1 aliphatic heterocycles. The topological polar surface area (TPSA) is 38.8 Å². The number of rotatable bonds is 1. The minimum Gasteiger partial charge on any atom is -0.467 e. The van der Waals surface area contributed by atoms with Crippen molar-refractivity contribution in [3.8, 4) is 0 Å². The summed E-state index contributed by atoms with van der Waals surface area (Å²) >= 11 is 0. The second kappa shape index (κ2) is 2.97. The third-order valence-electron chi connectivity index (χ3n) is 4.79. The molecule has 0 amide bonds. The summed E-state index contributed by atoms with van der Waals surface area (Å²) in [6, 6.07) is 0. The molecular weight excluding hydrogens is 192 g/mol. The fraction of sp³-hybridized carbons (Fsp3) is 0.917. The van der Waals surface area contributed by atoms with E-state index in [4.69, 9.17) is 9.47 Å². The summed E-state index contributed by atoms with van der Waals surface area (Å²) in [6.07, 6.45) is 8.53. The highest BCUT2D eigenvalue weighted by molar-refractivity contribution is 5.80. The highest BCUT2D eigenvalue weighted by Gasteiger charge is 2.76. The number of carbonyl (C=O) groups excluding carboxylic acids is 1. The molecule has 1 saturated heterocycles. The van der Waals surface area contributed by atoms with Gasteiger partial charge in [0.05, 0.1) is 7.11 Å². The van der Waals surface area contributed by atoms with Gasteiger partial charge < -0.3 is 9.47 Å². The fourth-order valence-electron chi connectivity index (χ4n) is 3.74. The van der Waals surface area contributed by atoms with Gasteiger partial charge in [-0.1, -0.05) is 19.3 Å². The SMILES string of the molecule is COC(=O)C1OC12CCC21CCCCC1. The van der Waals surface area contributed by atoms with Crippen molar-refractivity contribution in [1.29, 1.82) is 0 Å². The second-order valence-corrected chi connectivity index (χ2v) is 5.25. The Balaban J connectivity index is 1.76. The normalized spacial score (nSPS) is 41.3. The predicted octanol–water partition coefficient (Wildman–Crippen LogP) is 2.04. The molecule has 2 saturated carbocycles. The Morgan fingerprint density at radius 1 is 1.20 bits per heavy atom. The number of fused-ring (bicyclic) bond motifs is 1. The van der Waals surface area contributed by atoms with Gasteiger partial charge in [-0.25, -0.2) is 4.79 Å². The van der Waals surface area contributed by atoms with Crippen LogP contribution in [0, 0.1) is 5.41 Å². The summed E-state index contributed by atoms with van der Waals surface area (Å²) in [5.74, 6) is -0.167. The van der Waals surface area contributed by atoms with E-state index in [1.807, 2.05) is 0 Å². The molecule has 3 heteroatoms. The molecule has 2 spiro atoms. The van der Waals surface area contributed by atoms with Crippen molar-refractivity contribution in [2.24, 2.45) is 5.41 Å². The van der Waals surface area contributed by atoms with E-state index in [1.165, 1.54) is 45.6 Å². The molecule has 15 heavy (non-hydrogen) atoms. The van der Waals surface area contributed by atoms with E-state index in [2.05, 4.69) is 0 Å². The zero-order valence-electron chi connectivity index (χ0n) is 9.25. The minimum atomic E-state index is -0.241. The third-order valence-corrected chi connectivity index (χ3v) is 4.79. The van der Waals surface area contributed by atoms with Crippen LogP contribution in [-0.2, 0) is 14.3 Å². The van der Waals surface area contributed by atoms with Crippen LogP contribution >= 0.6 is 0 Å². The molecule has 2 aliphatic carbocycles. The highest BCUT2D eigenvalue weighted by atomic mass is 16.7. The van der Waals surface area contributed by atoms with E-state index < -0.39 is 0 Å². The highest BCUT2D eigenvalue weighted by Crippen LogP contribution is 2.69. The smallest absolute Gasteiger partial charge is 0.338 e. The van der Waals surface area contributed by atoms with Crippen molar-refractivity contribution in [2.45, 2.75) is 56.7 Å². The Hall–Kier alpha value is -0.570. The molecule has 0 aromatic carbocycles. The van der Waals surface area contributed by atoms with Gasteiger partial charge in [0.1, 0.15) is 5.60 Å². The van der Waals surface area contributed by atoms with Gasteiger partial charge in [-0.3, -0.25) is 0 Å². The molecule has 2 atom stereocenters. The molecule has 3 aliphatic rings. The van der Waals surface area contributed by atoms with E-state index in [0.717, 1.165) is 6.42 Å². The molecule has 2 unspecified atom stereocenters. The average Bonchev–Trinajstić information content (AvgIpc) is 3.06. The molecule has 0 radical (unpaired) electrons. The lowest BCUT2D eigenvalue weighted by atomic mass is 9.52. The molecule has 3 fully saturated rings. The molecular formula is C12H18O3. The first-order valence-electron chi connectivity index (χ1n) is 6.00. The van der Waals surface area contributed by atoms with Crippen molar-refractivity contribution in [2.75, 3.05) is 7.11 Å². The fourth-order valence-corrected chi connectivity index (χ4v) is 3.74. The zero-order chi connectivity index (χ0) is 10.5. The van der Waals surface area contributed by atoms with Crippen LogP contribution in [0.5, 0.6) is 0 Å². The molecule has 1 heterocycles. The van der Waals surface area contributed by atoms with Crippen molar-refractivity contribution >= 4 is 5.97 Å². The predicted molar refractivity (Wildman–Crippen MR) is 54.4 cm³/mol. The van der Waals surface area contributed by atoms with Crippen molar-refractivity contribution in [3.05, 3.63) is 0 Å². The van der Waals surface area contributed by atoms with Crippen LogP contribution < -0.4 is 0 Å². The van der Waals surface area contributed by atoms with Gasteiger partial charge in [0.2, 0.25) is 0 Å². The largest absolute Gasteiger partial charge is 0.467 e. The van der Waals surface area contributed by atoms with E-state index in [1.54, 1.807) is 0 Å². The standard InChI is InChI=1S/C12H18O3/c1-14-10(13)9-12(15-9)8-7-11(12)5-3-2-4-6-11/h9H,2-8H2,1H3. The lowest BCUT2D eigenvalue weighted by Crippen LogP contribution is -2.52. The number of hydrogen-bond acceptors (Lipinski definition) is 3. The van der Waals surface area contributed by atoms with Crippen LogP contribution in [0.3, 0.4) is 0 Å². The monoisotopic (exact) mass is 210 g/mol. The lowest BCUT2D eigenvalue weighted by molar-refractivity contribution is -0.142. The molecule has 3 nitrogen and oxygen atoms in total. The van der Waals surface area contributed by atoms with Crippen molar-refractivity contribution < 1.29 is 14.3 Å². The number of hydrogen-bond donors (Lipinski definition) is 0. The molecule has 0 aromatic heterocycles. The lowest BCUT2D eigenvalue weighted by Gasteiger charge is -2.51. The van der Waals surface area contributed by atoms with Gasteiger partial charge in [0, 0.05) is 5.41 Å². The van der Waals surface area contributed by atoms with Gasteiger partial charge in [-0.15, -0.1) is 0 Å². The number of epoxide rings is 1. The molecule has 84 valence electrons. The zero-order valence-corrected chi connectivity index (χ0v) is 9.25. The number of methoxy groups -OCH3 is 1. The van der Waals surface area contributed by atoms with E-state index in [-0.39, 0.29) is 17.7 Å². The summed E-state index contributed by atoms with van der Waals surface area (Å²) in [5.41, 5.74) is 0.241. The summed E-state index contributed by atoms with van der Waals surface area (Å²) in [7, 11) is 1.45. The van der Waals surface area contributed by atoms with E-state index >= 15 is 0 Å². The van der Waals surface area contributed by atoms with Gasteiger partial charge in [-0.05, 0) is 25.7 Å². The van der Waals surface area contributed by atoms with Gasteiger partial charge >= 0.3 is 5.97 Å². The molecule has 0 bridgehead atoms. The first-order valence-corrected chi connectivity index (χ1v) is 6.00. The van der Waals surface area contributed by atoms with Crippen LogP contribution in [-0.4, -0.2) is 24.8 Å². The summed E-state index contributed by atoms with van der Waals surface area (Å²) in [4.78, 5) is 11.5. The van der Waals surface area contributed by atoms with Gasteiger partial charge in [0.25, 0.3) is 0 Å². The maximum absolute atomic E-state index is 11.5. The van der Waals surface area contributed by atoms with Crippen LogP contribution in [0.4, 0.5) is 0 Å². The van der Waals surface area contributed by atoms with Crippen LogP contribution in [0.1, 0.15) is 44.9 Å². The van der Waals surface area contributed by atoms with Crippen LogP contribution in [0.25, 0.3) is 0 Å². The maximum Gasteiger partial charge on any atom is 0.338 e. The Labute approximate surface area is 90.1 Å². The molecule has 3 rings (SSSR count). The second-order valence-electron chi connectivity index (χ2n) is 5.25.